The Hall–Kier alpha value is -2.11. The van der Waals surface area contributed by atoms with E-state index < -0.39 is 0 Å². The molecule has 19 heavy (non-hydrogen) atoms. The molecular formula is C13H19N6+. The number of fused-ring (bicyclic) bond motifs is 2. The van der Waals surface area contributed by atoms with Crippen LogP contribution in [0.4, 0.5) is 5.82 Å². The minimum absolute atomic E-state index is 0.920. The second kappa shape index (κ2) is 4.22. The summed E-state index contributed by atoms with van der Waals surface area (Å²) in [5, 5.41) is 0. The molecule has 0 aliphatic rings. The molecule has 3 rings (SSSR count). The van der Waals surface area contributed by atoms with Gasteiger partial charge in [-0.05, 0) is 18.8 Å². The maximum atomic E-state index is 4.71. The van der Waals surface area contributed by atoms with E-state index in [-0.39, 0.29) is 0 Å². The lowest BCUT2D eigenvalue weighted by atomic mass is 10.4. The van der Waals surface area contributed by atoms with Gasteiger partial charge >= 0.3 is 5.78 Å². The van der Waals surface area contributed by atoms with Crippen LogP contribution < -0.4 is 9.47 Å². The molecule has 0 saturated heterocycles. The highest BCUT2D eigenvalue weighted by Crippen LogP contribution is 2.24. The van der Waals surface area contributed by atoms with Crippen LogP contribution in [-0.4, -0.2) is 32.0 Å². The fourth-order valence-electron chi connectivity index (χ4n) is 2.52. The van der Waals surface area contributed by atoms with Crippen LogP contribution in [0.15, 0.2) is 18.7 Å². The lowest BCUT2D eigenvalue weighted by Gasteiger charge is -2.19. The average Bonchev–Trinajstić information content (AvgIpc) is 2.96. The van der Waals surface area contributed by atoms with Crippen molar-refractivity contribution in [3.8, 4) is 0 Å². The van der Waals surface area contributed by atoms with Gasteiger partial charge in [-0.1, -0.05) is 0 Å². The van der Waals surface area contributed by atoms with Crippen molar-refractivity contribution >= 4 is 22.8 Å². The van der Waals surface area contributed by atoms with Gasteiger partial charge in [0, 0.05) is 20.1 Å². The molecule has 0 aromatic carbocycles. The molecule has 0 fully saturated rings. The first kappa shape index (κ1) is 12.0. The molecule has 0 atom stereocenters. The highest BCUT2D eigenvalue weighted by Gasteiger charge is 2.24. The van der Waals surface area contributed by atoms with Gasteiger partial charge in [0.25, 0.3) is 0 Å². The summed E-state index contributed by atoms with van der Waals surface area (Å²) in [4.78, 5) is 11.5. The third-order valence-corrected chi connectivity index (χ3v) is 3.59. The molecule has 0 unspecified atom stereocenters. The zero-order valence-electron chi connectivity index (χ0n) is 11.8. The van der Waals surface area contributed by atoms with Gasteiger partial charge in [0.15, 0.2) is 5.52 Å². The lowest BCUT2D eigenvalue weighted by molar-refractivity contribution is -0.646. The predicted molar refractivity (Wildman–Crippen MR) is 74.2 cm³/mol. The molecule has 0 bridgehead atoms. The summed E-state index contributed by atoms with van der Waals surface area (Å²) in [6.07, 6.45) is 5.89. The van der Waals surface area contributed by atoms with Crippen LogP contribution in [0.2, 0.25) is 0 Å². The third-order valence-electron chi connectivity index (χ3n) is 3.59. The van der Waals surface area contributed by atoms with Crippen molar-refractivity contribution < 1.29 is 4.57 Å². The molecule has 0 amide bonds. The smallest absolute Gasteiger partial charge is 0.344 e. The highest BCUT2D eigenvalue weighted by atomic mass is 15.3. The molecule has 100 valence electrons. The molecular weight excluding hydrogens is 240 g/mol. The fraction of sp³-hybridized carbons (Fsp3) is 0.462. The van der Waals surface area contributed by atoms with Crippen molar-refractivity contribution in [2.24, 2.45) is 14.1 Å². The van der Waals surface area contributed by atoms with Gasteiger partial charge in [-0.2, -0.15) is 4.40 Å². The Morgan fingerprint density at radius 3 is 2.74 bits per heavy atom. The van der Waals surface area contributed by atoms with Crippen LogP contribution in [0.5, 0.6) is 0 Å². The maximum Gasteiger partial charge on any atom is 0.406 e. The van der Waals surface area contributed by atoms with Crippen molar-refractivity contribution in [2.75, 3.05) is 18.0 Å². The number of hydrogen-bond donors (Lipinski definition) is 0. The number of nitrogens with zero attached hydrogens (tertiary/aromatic N) is 6. The van der Waals surface area contributed by atoms with E-state index in [0.29, 0.717) is 0 Å². The minimum Gasteiger partial charge on any atom is -0.344 e. The van der Waals surface area contributed by atoms with E-state index in [1.165, 1.54) is 0 Å². The molecule has 0 saturated carbocycles. The summed E-state index contributed by atoms with van der Waals surface area (Å²) in [6, 6.07) is 0. The van der Waals surface area contributed by atoms with Crippen molar-refractivity contribution in [3.05, 3.63) is 18.7 Å². The number of imidazole rings is 2. The second-order valence-corrected chi connectivity index (χ2v) is 4.71. The summed E-state index contributed by atoms with van der Waals surface area (Å²) in [5.74, 6) is 2.05. The summed E-state index contributed by atoms with van der Waals surface area (Å²) >= 11 is 0. The van der Waals surface area contributed by atoms with E-state index >= 15 is 0 Å². The fourth-order valence-corrected chi connectivity index (χ4v) is 2.52. The van der Waals surface area contributed by atoms with Crippen LogP contribution in [0, 0.1) is 0 Å². The molecule has 0 spiro atoms. The topological polar surface area (TPSA) is 42.2 Å². The van der Waals surface area contributed by atoms with E-state index in [1.807, 2.05) is 42.0 Å². The maximum absolute atomic E-state index is 4.71. The highest BCUT2D eigenvalue weighted by molar-refractivity contribution is 5.85. The molecule has 3 aromatic heterocycles. The van der Waals surface area contributed by atoms with Crippen LogP contribution in [0.25, 0.3) is 16.9 Å². The van der Waals surface area contributed by atoms with Crippen LogP contribution in [0.3, 0.4) is 0 Å². The Morgan fingerprint density at radius 1 is 1.32 bits per heavy atom. The minimum atomic E-state index is 0.920. The number of rotatable bonds is 3. The molecule has 3 heterocycles. The number of hydrogen-bond acceptors (Lipinski definition) is 3. The third kappa shape index (κ3) is 1.59. The Balaban J connectivity index is 2.47. The number of aromatic nitrogens is 5. The molecule has 0 aliphatic heterocycles. The molecule has 0 radical (unpaired) electrons. The lowest BCUT2D eigenvalue weighted by Crippen LogP contribution is -2.29. The number of anilines is 1. The zero-order chi connectivity index (χ0) is 13.6. The molecule has 0 aliphatic carbocycles. The standard InChI is InChI=1S/C13H19N6/c1-5-18(6-2)12-10-11(17(4)9-14-10)15-13-16(3)7-8-19(12)13/h7-9H,5-6H2,1-4H3/q+1. The van der Waals surface area contributed by atoms with Crippen LogP contribution >= 0.6 is 0 Å². The first-order chi connectivity index (χ1) is 9.17. The number of aryl methyl sites for hydroxylation is 2. The SMILES string of the molecule is CCN(CC)c1c2ncn(C)c2nc2n1cc[n+]2C. The van der Waals surface area contributed by atoms with Crippen molar-refractivity contribution in [3.63, 3.8) is 0 Å². The Morgan fingerprint density at radius 2 is 2.05 bits per heavy atom. The molecule has 6 nitrogen and oxygen atoms in total. The van der Waals surface area contributed by atoms with Gasteiger partial charge in [-0.3, -0.25) is 0 Å². The summed E-state index contributed by atoms with van der Waals surface area (Å²) in [7, 11) is 3.99. The van der Waals surface area contributed by atoms with Gasteiger partial charge < -0.3 is 9.47 Å². The van der Waals surface area contributed by atoms with Crippen molar-refractivity contribution in [1.29, 1.82) is 0 Å². The second-order valence-electron chi connectivity index (χ2n) is 4.71. The van der Waals surface area contributed by atoms with Crippen LogP contribution in [0.1, 0.15) is 13.8 Å². The Kier molecular flexibility index (Phi) is 2.66. The van der Waals surface area contributed by atoms with Crippen LogP contribution in [-0.2, 0) is 14.1 Å². The van der Waals surface area contributed by atoms with E-state index in [4.69, 9.17) is 4.98 Å². The van der Waals surface area contributed by atoms with Crippen molar-refractivity contribution in [1.82, 2.24) is 18.9 Å². The monoisotopic (exact) mass is 259 g/mol. The molecule has 0 N–H and O–H groups in total. The summed E-state index contributed by atoms with van der Waals surface area (Å²) < 4.78 is 6.11. The Bertz CT molecular complexity index is 680. The zero-order valence-corrected chi connectivity index (χ0v) is 11.8. The van der Waals surface area contributed by atoms with Gasteiger partial charge in [0.1, 0.15) is 6.20 Å². The largest absolute Gasteiger partial charge is 0.406 e. The van der Waals surface area contributed by atoms with Gasteiger partial charge in [0.2, 0.25) is 11.5 Å². The van der Waals surface area contributed by atoms with Gasteiger partial charge in [-0.15, -0.1) is 0 Å². The first-order valence-corrected chi connectivity index (χ1v) is 6.60. The van der Waals surface area contributed by atoms with E-state index in [0.717, 1.165) is 35.8 Å². The first-order valence-electron chi connectivity index (χ1n) is 6.60. The van der Waals surface area contributed by atoms with E-state index in [2.05, 4.69) is 28.1 Å². The Labute approximate surface area is 111 Å². The van der Waals surface area contributed by atoms with E-state index in [1.54, 1.807) is 0 Å². The normalized spacial score (nSPS) is 11.6. The predicted octanol–water partition coefficient (Wildman–Crippen LogP) is 0.892. The quantitative estimate of drug-likeness (QED) is 0.656. The van der Waals surface area contributed by atoms with Crippen molar-refractivity contribution in [2.45, 2.75) is 13.8 Å². The van der Waals surface area contributed by atoms with Gasteiger partial charge in [-0.25, -0.2) is 9.55 Å². The van der Waals surface area contributed by atoms with E-state index in [9.17, 15) is 0 Å². The summed E-state index contributed by atoms with van der Waals surface area (Å²) in [6.45, 7) is 6.22. The molecule has 6 heteroatoms. The average molecular weight is 259 g/mol. The molecule has 3 aromatic rings. The summed E-state index contributed by atoms with van der Waals surface area (Å²) in [5.41, 5.74) is 1.87. The van der Waals surface area contributed by atoms with Gasteiger partial charge in [0.05, 0.1) is 19.6 Å².